The van der Waals surface area contributed by atoms with E-state index in [1.54, 1.807) is 12.1 Å². The molecule has 1 aromatic heterocycles. The summed E-state index contributed by atoms with van der Waals surface area (Å²) in [7, 11) is 0. The fourth-order valence-corrected chi connectivity index (χ4v) is 3.65. The van der Waals surface area contributed by atoms with Crippen LogP contribution in [0, 0.1) is 0 Å². The van der Waals surface area contributed by atoms with Crippen molar-refractivity contribution in [1.82, 2.24) is 20.3 Å². The summed E-state index contributed by atoms with van der Waals surface area (Å²) < 4.78 is 1.89. The molecular weight excluding hydrogens is 364 g/mol. The molecule has 2 aromatic carbocycles. The van der Waals surface area contributed by atoms with E-state index in [9.17, 15) is 4.79 Å². The van der Waals surface area contributed by atoms with Crippen LogP contribution < -0.4 is 5.32 Å². The molecule has 1 aliphatic carbocycles. The van der Waals surface area contributed by atoms with Crippen molar-refractivity contribution in [2.24, 2.45) is 0 Å². The van der Waals surface area contributed by atoms with Gasteiger partial charge in [0.2, 0.25) is 0 Å². The van der Waals surface area contributed by atoms with Gasteiger partial charge in [0.25, 0.3) is 0 Å². The molecule has 3 aromatic rings. The number of aliphatic hydroxyl groups is 1. The van der Waals surface area contributed by atoms with Crippen LogP contribution in [0.25, 0.3) is 0 Å². The summed E-state index contributed by atoms with van der Waals surface area (Å²) in [6.45, 7) is 1.10. The third-order valence-corrected chi connectivity index (χ3v) is 5.42. The highest BCUT2D eigenvalue weighted by atomic mass is 16.3. The van der Waals surface area contributed by atoms with Crippen LogP contribution >= 0.6 is 0 Å². The fourth-order valence-electron chi connectivity index (χ4n) is 3.65. The zero-order chi connectivity index (χ0) is 20.1. The monoisotopic (exact) mass is 390 g/mol. The minimum absolute atomic E-state index is 0.249. The molecule has 6 nitrogen and oxygen atoms in total. The number of aromatic nitrogens is 3. The second-order valence-electron chi connectivity index (χ2n) is 7.59. The number of ketones is 1. The Morgan fingerprint density at radius 2 is 1.93 bits per heavy atom. The topological polar surface area (TPSA) is 80.0 Å². The molecule has 29 heavy (non-hydrogen) atoms. The van der Waals surface area contributed by atoms with Crippen molar-refractivity contribution in [3.8, 4) is 0 Å². The molecule has 0 saturated heterocycles. The van der Waals surface area contributed by atoms with Gasteiger partial charge < -0.3 is 10.4 Å². The van der Waals surface area contributed by atoms with Gasteiger partial charge in [0.05, 0.1) is 5.69 Å². The molecule has 2 unspecified atom stereocenters. The van der Waals surface area contributed by atoms with Gasteiger partial charge in [-0.15, -0.1) is 5.10 Å². The van der Waals surface area contributed by atoms with Crippen LogP contribution in [0.5, 0.6) is 0 Å². The average molecular weight is 390 g/mol. The first-order valence-electron chi connectivity index (χ1n) is 10.1. The van der Waals surface area contributed by atoms with E-state index in [-0.39, 0.29) is 5.78 Å². The maximum Gasteiger partial charge on any atom is 0.188 e. The second kappa shape index (κ2) is 9.11. The van der Waals surface area contributed by atoms with Gasteiger partial charge in [0.1, 0.15) is 6.61 Å². The lowest BCUT2D eigenvalue weighted by Crippen LogP contribution is -2.17. The smallest absolute Gasteiger partial charge is 0.188 e. The van der Waals surface area contributed by atoms with Crippen LogP contribution in [-0.2, 0) is 19.5 Å². The van der Waals surface area contributed by atoms with Crippen molar-refractivity contribution in [2.45, 2.75) is 44.3 Å². The van der Waals surface area contributed by atoms with Crippen LogP contribution in [0.1, 0.15) is 45.9 Å². The van der Waals surface area contributed by atoms with Gasteiger partial charge >= 0.3 is 0 Å². The van der Waals surface area contributed by atoms with E-state index in [1.165, 1.54) is 17.5 Å². The fraction of sp³-hybridized carbons (Fsp3) is 0.348. The van der Waals surface area contributed by atoms with E-state index < -0.39 is 6.61 Å². The van der Waals surface area contributed by atoms with E-state index >= 15 is 0 Å². The highest BCUT2D eigenvalue weighted by Gasteiger charge is 2.37. The van der Waals surface area contributed by atoms with Crippen LogP contribution in [0.2, 0.25) is 0 Å². The van der Waals surface area contributed by atoms with Gasteiger partial charge in [-0.25, -0.2) is 0 Å². The number of carbonyl (C=O) groups excluding carboxylic acids is 1. The molecule has 0 bridgehead atoms. The molecule has 150 valence electrons. The zero-order valence-corrected chi connectivity index (χ0v) is 16.4. The number of carbonyl (C=O) groups is 1. The summed E-state index contributed by atoms with van der Waals surface area (Å²) in [5.41, 5.74) is 4.09. The molecule has 0 radical (unpaired) electrons. The number of aryl methyl sites for hydroxylation is 2. The van der Waals surface area contributed by atoms with Gasteiger partial charge in [-0.3, -0.25) is 9.48 Å². The number of aliphatic hydroxyl groups excluding tert-OH is 1. The summed E-state index contributed by atoms with van der Waals surface area (Å²) in [5, 5.41) is 21.0. The number of benzene rings is 2. The molecule has 0 spiro atoms. The summed E-state index contributed by atoms with van der Waals surface area (Å²) in [5.74, 6) is 0.367. The van der Waals surface area contributed by atoms with Crippen molar-refractivity contribution in [2.75, 3.05) is 6.61 Å². The van der Waals surface area contributed by atoms with E-state index in [1.807, 2.05) is 23.0 Å². The second-order valence-corrected chi connectivity index (χ2v) is 7.59. The Morgan fingerprint density at radius 3 is 2.69 bits per heavy atom. The van der Waals surface area contributed by atoms with Crippen LogP contribution in [0.4, 0.5) is 0 Å². The van der Waals surface area contributed by atoms with Gasteiger partial charge in [0, 0.05) is 36.8 Å². The third kappa shape index (κ3) is 5.16. The standard InChI is InChI=1S/C23H26N4O2/c28-16-23(29)19-10-8-17(9-11-19)5-4-12-27-15-20(25-26-27)14-24-22-13-21(22)18-6-2-1-3-7-18/h1-3,6-11,15,21-22,24,28H,4-5,12-14,16H2. The molecule has 0 amide bonds. The van der Waals surface area contributed by atoms with Crippen molar-refractivity contribution in [1.29, 1.82) is 0 Å². The molecule has 2 N–H and O–H groups in total. The normalized spacial score (nSPS) is 18.0. The first kappa shape index (κ1) is 19.5. The Labute approximate surface area is 170 Å². The Morgan fingerprint density at radius 1 is 1.14 bits per heavy atom. The number of hydrogen-bond donors (Lipinski definition) is 2. The molecule has 6 heteroatoms. The molecule has 1 aliphatic rings. The van der Waals surface area contributed by atoms with E-state index in [2.05, 4.69) is 46.0 Å². The predicted molar refractivity (Wildman–Crippen MR) is 111 cm³/mol. The minimum Gasteiger partial charge on any atom is -0.388 e. The van der Waals surface area contributed by atoms with Crippen LogP contribution in [-0.4, -0.2) is 38.5 Å². The zero-order valence-electron chi connectivity index (χ0n) is 16.4. The SMILES string of the molecule is O=C(CO)c1ccc(CCCn2cc(CNC3CC3c3ccccc3)nn2)cc1. The molecule has 2 atom stereocenters. The van der Waals surface area contributed by atoms with Crippen molar-refractivity contribution in [3.63, 3.8) is 0 Å². The average Bonchev–Trinajstić information content (AvgIpc) is 3.42. The maximum atomic E-state index is 11.4. The lowest BCUT2D eigenvalue weighted by Gasteiger charge is -2.03. The molecule has 1 saturated carbocycles. The number of Topliss-reactive ketones (excluding diaryl/α,β-unsaturated/α-hetero) is 1. The lowest BCUT2D eigenvalue weighted by molar-refractivity contribution is 0.0903. The number of nitrogens with one attached hydrogen (secondary N) is 1. The van der Waals surface area contributed by atoms with Crippen molar-refractivity contribution in [3.05, 3.63) is 83.2 Å². The molecule has 1 fully saturated rings. The van der Waals surface area contributed by atoms with Gasteiger partial charge in [-0.2, -0.15) is 0 Å². The summed E-state index contributed by atoms with van der Waals surface area (Å²) in [6.07, 6.45) is 5.04. The number of nitrogens with zero attached hydrogens (tertiary/aromatic N) is 3. The summed E-state index contributed by atoms with van der Waals surface area (Å²) >= 11 is 0. The van der Waals surface area contributed by atoms with Crippen molar-refractivity contribution < 1.29 is 9.90 Å². The Balaban J connectivity index is 1.18. The van der Waals surface area contributed by atoms with Crippen LogP contribution in [0.15, 0.2) is 60.8 Å². The first-order chi connectivity index (χ1) is 14.2. The van der Waals surface area contributed by atoms with Gasteiger partial charge in [-0.05, 0) is 30.4 Å². The van der Waals surface area contributed by atoms with E-state index in [0.29, 0.717) is 17.5 Å². The summed E-state index contributed by atoms with van der Waals surface area (Å²) in [6, 6.07) is 18.6. The first-order valence-corrected chi connectivity index (χ1v) is 10.1. The third-order valence-electron chi connectivity index (χ3n) is 5.42. The number of hydrogen-bond acceptors (Lipinski definition) is 5. The molecule has 0 aliphatic heterocycles. The highest BCUT2D eigenvalue weighted by molar-refractivity contribution is 5.96. The maximum absolute atomic E-state index is 11.4. The Hall–Kier alpha value is -2.83. The highest BCUT2D eigenvalue weighted by Crippen LogP contribution is 2.40. The Bertz CT molecular complexity index is 937. The molecular formula is C23H26N4O2. The largest absolute Gasteiger partial charge is 0.388 e. The van der Waals surface area contributed by atoms with E-state index in [4.69, 9.17) is 5.11 Å². The van der Waals surface area contributed by atoms with Gasteiger partial charge in [0.15, 0.2) is 5.78 Å². The molecule has 1 heterocycles. The minimum atomic E-state index is -0.448. The van der Waals surface area contributed by atoms with Crippen LogP contribution in [0.3, 0.4) is 0 Å². The predicted octanol–water partition coefficient (Wildman–Crippen LogP) is 2.73. The summed E-state index contributed by atoms with van der Waals surface area (Å²) in [4.78, 5) is 11.4. The van der Waals surface area contributed by atoms with E-state index in [0.717, 1.165) is 31.6 Å². The lowest BCUT2D eigenvalue weighted by atomic mass is 10.1. The number of rotatable bonds is 10. The quantitative estimate of drug-likeness (QED) is 0.521. The van der Waals surface area contributed by atoms with Crippen molar-refractivity contribution >= 4 is 5.78 Å². The Kier molecular flexibility index (Phi) is 6.12. The van der Waals surface area contributed by atoms with Gasteiger partial charge in [-0.1, -0.05) is 59.8 Å². The molecule has 4 rings (SSSR count).